The van der Waals surface area contributed by atoms with Crippen molar-refractivity contribution < 1.29 is 13.9 Å². The number of aromatic nitrogens is 3. The molecular formula is C20H13FN4O2. The van der Waals surface area contributed by atoms with E-state index >= 15 is 0 Å². The van der Waals surface area contributed by atoms with Gasteiger partial charge < -0.3 is 10.1 Å². The first kappa shape index (κ1) is 16.7. The summed E-state index contributed by atoms with van der Waals surface area (Å²) in [4.78, 5) is 24.4. The van der Waals surface area contributed by atoms with Crippen LogP contribution in [0.1, 0.15) is 34.8 Å². The molecule has 3 aromatic rings. The van der Waals surface area contributed by atoms with E-state index in [2.05, 4.69) is 32.1 Å². The molecule has 4 rings (SSSR count). The highest BCUT2D eigenvalue weighted by molar-refractivity contribution is 5.71. The Balaban J connectivity index is 1.63. The van der Waals surface area contributed by atoms with Crippen LogP contribution in [0.15, 0.2) is 61.1 Å². The Morgan fingerprint density at radius 2 is 1.85 bits per heavy atom. The molecule has 1 aromatic carbocycles. The zero-order valence-corrected chi connectivity index (χ0v) is 14.0. The summed E-state index contributed by atoms with van der Waals surface area (Å²) < 4.78 is 18.5. The summed E-state index contributed by atoms with van der Waals surface area (Å²) in [5.74, 6) is 5.47. The van der Waals surface area contributed by atoms with Crippen LogP contribution >= 0.6 is 0 Å². The van der Waals surface area contributed by atoms with E-state index in [9.17, 15) is 9.18 Å². The first-order valence-corrected chi connectivity index (χ1v) is 8.17. The van der Waals surface area contributed by atoms with Crippen molar-refractivity contribution in [2.45, 2.75) is 12.1 Å². The molecule has 2 aromatic heterocycles. The Morgan fingerprint density at radius 1 is 1.04 bits per heavy atom. The van der Waals surface area contributed by atoms with Gasteiger partial charge in [-0.1, -0.05) is 18.2 Å². The topological polar surface area (TPSA) is 77.0 Å². The van der Waals surface area contributed by atoms with Gasteiger partial charge in [0.15, 0.2) is 6.10 Å². The molecule has 0 aliphatic carbocycles. The standard InChI is InChI=1S/C20H13FN4O2/c21-14-6-4-13(5-7-14)19-18(25-20(26)27-19)17-3-1-2-15(24-17)8-9-16-12-22-10-11-23-16/h1-7,10-12,18-19H,(H,25,26)/t18-,19-/m1/s1. The summed E-state index contributed by atoms with van der Waals surface area (Å²) in [6, 6.07) is 10.7. The van der Waals surface area contributed by atoms with Crippen LogP contribution in [0, 0.1) is 17.7 Å². The third-order valence-electron chi connectivity index (χ3n) is 3.98. The highest BCUT2D eigenvalue weighted by Gasteiger charge is 2.37. The average molecular weight is 360 g/mol. The summed E-state index contributed by atoms with van der Waals surface area (Å²) in [7, 11) is 0. The molecule has 7 heteroatoms. The van der Waals surface area contributed by atoms with Crippen LogP contribution < -0.4 is 5.32 Å². The number of nitrogens with one attached hydrogen (secondary N) is 1. The Morgan fingerprint density at radius 3 is 2.63 bits per heavy atom. The fourth-order valence-corrected chi connectivity index (χ4v) is 2.75. The molecule has 0 spiro atoms. The lowest BCUT2D eigenvalue weighted by atomic mass is 10.00. The van der Waals surface area contributed by atoms with E-state index in [1.165, 1.54) is 12.1 Å². The Labute approximate surface area is 154 Å². The van der Waals surface area contributed by atoms with Gasteiger partial charge in [-0.3, -0.25) is 4.98 Å². The zero-order valence-electron chi connectivity index (χ0n) is 14.0. The number of halogens is 1. The number of rotatable bonds is 2. The van der Waals surface area contributed by atoms with Crippen molar-refractivity contribution in [2.75, 3.05) is 0 Å². The molecular weight excluding hydrogens is 347 g/mol. The summed E-state index contributed by atoms with van der Waals surface area (Å²) in [6.45, 7) is 0. The predicted octanol–water partition coefficient (Wildman–Crippen LogP) is 2.93. The van der Waals surface area contributed by atoms with E-state index < -0.39 is 18.2 Å². The van der Waals surface area contributed by atoms with E-state index in [1.54, 1.807) is 48.9 Å². The van der Waals surface area contributed by atoms with Crippen LogP contribution in [-0.2, 0) is 4.74 Å². The number of carbonyl (C=O) groups is 1. The summed E-state index contributed by atoms with van der Waals surface area (Å²) in [5, 5.41) is 2.75. The highest BCUT2D eigenvalue weighted by atomic mass is 19.1. The minimum absolute atomic E-state index is 0.355. The minimum atomic E-state index is -0.603. The van der Waals surface area contributed by atoms with E-state index in [-0.39, 0.29) is 5.82 Å². The van der Waals surface area contributed by atoms with Gasteiger partial charge in [0, 0.05) is 12.4 Å². The fourth-order valence-electron chi connectivity index (χ4n) is 2.75. The summed E-state index contributed by atoms with van der Waals surface area (Å²) >= 11 is 0. The number of hydrogen-bond acceptors (Lipinski definition) is 5. The second-order valence-electron chi connectivity index (χ2n) is 5.79. The van der Waals surface area contributed by atoms with Crippen molar-refractivity contribution >= 4 is 6.09 Å². The number of pyridine rings is 1. The number of hydrogen-bond donors (Lipinski definition) is 1. The SMILES string of the molecule is O=C1N[C@H](c2cccc(C#Cc3cnccn3)n2)[C@@H](c2ccc(F)cc2)O1. The second-order valence-corrected chi connectivity index (χ2v) is 5.79. The van der Waals surface area contributed by atoms with Gasteiger partial charge in [-0.25, -0.2) is 19.2 Å². The number of ether oxygens (including phenoxy) is 1. The lowest BCUT2D eigenvalue weighted by Gasteiger charge is -2.17. The molecule has 1 aliphatic heterocycles. The van der Waals surface area contributed by atoms with E-state index in [1.807, 2.05) is 0 Å². The van der Waals surface area contributed by atoms with Gasteiger partial charge in [-0.05, 0) is 41.7 Å². The maximum atomic E-state index is 13.2. The van der Waals surface area contributed by atoms with E-state index in [0.717, 1.165) is 0 Å². The molecule has 6 nitrogen and oxygen atoms in total. The maximum Gasteiger partial charge on any atom is 0.408 e. The van der Waals surface area contributed by atoms with Crippen LogP contribution in [0.4, 0.5) is 9.18 Å². The van der Waals surface area contributed by atoms with Crippen LogP contribution in [0.25, 0.3) is 0 Å². The van der Waals surface area contributed by atoms with Crippen molar-refractivity contribution in [3.05, 3.63) is 89.5 Å². The molecule has 1 fully saturated rings. The normalized spacial score (nSPS) is 18.2. The molecule has 27 heavy (non-hydrogen) atoms. The number of benzene rings is 1. The molecule has 3 heterocycles. The van der Waals surface area contributed by atoms with Gasteiger partial charge in [0.05, 0.1) is 11.9 Å². The van der Waals surface area contributed by atoms with Crippen LogP contribution in [-0.4, -0.2) is 21.0 Å². The van der Waals surface area contributed by atoms with Crippen molar-refractivity contribution in [2.24, 2.45) is 0 Å². The van der Waals surface area contributed by atoms with Crippen molar-refractivity contribution in [1.82, 2.24) is 20.3 Å². The number of alkyl carbamates (subject to hydrolysis) is 1. The molecule has 132 valence electrons. The molecule has 0 unspecified atom stereocenters. The molecule has 1 aliphatic rings. The summed E-state index contributed by atoms with van der Waals surface area (Å²) in [5.41, 5.74) is 2.34. The van der Waals surface area contributed by atoms with Gasteiger partial charge in [-0.2, -0.15) is 0 Å². The molecule has 0 saturated carbocycles. The molecule has 1 amide bonds. The van der Waals surface area contributed by atoms with Crippen molar-refractivity contribution in [3.63, 3.8) is 0 Å². The quantitative estimate of drug-likeness (QED) is 0.711. The van der Waals surface area contributed by atoms with Crippen LogP contribution in [0.5, 0.6) is 0 Å². The summed E-state index contributed by atoms with van der Waals surface area (Å²) in [6.07, 6.45) is 3.54. The lowest BCUT2D eigenvalue weighted by molar-refractivity contribution is 0.132. The number of amides is 1. The maximum absolute atomic E-state index is 13.2. The van der Waals surface area contributed by atoms with Crippen molar-refractivity contribution in [1.29, 1.82) is 0 Å². The van der Waals surface area contributed by atoms with Crippen molar-refractivity contribution in [3.8, 4) is 11.8 Å². The van der Waals surface area contributed by atoms with Gasteiger partial charge in [0.2, 0.25) is 0 Å². The number of cyclic esters (lactones) is 1. The number of carbonyl (C=O) groups excluding carboxylic acids is 1. The first-order chi connectivity index (χ1) is 13.2. The Bertz CT molecular complexity index is 1030. The fraction of sp³-hybridized carbons (Fsp3) is 0.100. The molecule has 2 atom stereocenters. The molecule has 0 bridgehead atoms. The average Bonchev–Trinajstić information content (AvgIpc) is 3.10. The molecule has 1 N–H and O–H groups in total. The first-order valence-electron chi connectivity index (χ1n) is 8.17. The third kappa shape index (κ3) is 3.75. The van der Waals surface area contributed by atoms with Crippen LogP contribution in [0.3, 0.4) is 0 Å². The van der Waals surface area contributed by atoms with Gasteiger partial charge in [0.1, 0.15) is 23.2 Å². The second kappa shape index (κ2) is 7.22. The van der Waals surface area contributed by atoms with Gasteiger partial charge in [0.25, 0.3) is 0 Å². The highest BCUT2D eigenvalue weighted by Crippen LogP contribution is 2.35. The van der Waals surface area contributed by atoms with Crippen LogP contribution in [0.2, 0.25) is 0 Å². The van der Waals surface area contributed by atoms with Gasteiger partial charge >= 0.3 is 6.09 Å². The smallest absolute Gasteiger partial charge is 0.408 e. The third-order valence-corrected chi connectivity index (χ3v) is 3.98. The zero-order chi connectivity index (χ0) is 18.6. The number of nitrogens with zero attached hydrogens (tertiary/aromatic N) is 3. The van der Waals surface area contributed by atoms with E-state index in [0.29, 0.717) is 22.6 Å². The monoisotopic (exact) mass is 360 g/mol. The molecule has 0 radical (unpaired) electrons. The molecule has 1 saturated heterocycles. The minimum Gasteiger partial charge on any atom is -0.439 e. The van der Waals surface area contributed by atoms with E-state index in [4.69, 9.17) is 4.74 Å². The Kier molecular flexibility index (Phi) is 4.45. The lowest BCUT2D eigenvalue weighted by Crippen LogP contribution is -2.20. The predicted molar refractivity (Wildman–Crippen MR) is 93.7 cm³/mol. The van der Waals surface area contributed by atoms with Gasteiger partial charge in [-0.15, -0.1) is 0 Å². The largest absolute Gasteiger partial charge is 0.439 e. The Hall–Kier alpha value is -3.79.